The number of imide groups is 1. The Balaban J connectivity index is 2.20. The van der Waals surface area contributed by atoms with Crippen LogP contribution in [0.4, 0.5) is 9.80 Å². The van der Waals surface area contributed by atoms with Crippen LogP contribution >= 0.6 is 11.3 Å². The Morgan fingerprint density at radius 2 is 1.86 bits per heavy atom. The minimum atomic E-state index is -3.53. The van der Waals surface area contributed by atoms with E-state index in [1.807, 2.05) is 0 Å². The number of hydrogen-bond acceptors (Lipinski definition) is 7. The first kappa shape index (κ1) is 21.6. The Kier molecular flexibility index (Phi) is 6.92. The number of rotatable bonds is 6. The van der Waals surface area contributed by atoms with Gasteiger partial charge in [-0.3, -0.25) is 14.9 Å². The summed E-state index contributed by atoms with van der Waals surface area (Å²) in [6.45, 7) is 4.83. The fourth-order valence-electron chi connectivity index (χ4n) is 2.17. The highest BCUT2D eigenvalue weighted by Crippen LogP contribution is 2.24. The Bertz CT molecular complexity index is 995. The fraction of sp³-hybridized carbons (Fsp3) is 0.278. The van der Waals surface area contributed by atoms with Gasteiger partial charge in [-0.2, -0.15) is 0 Å². The molecule has 2 rings (SSSR count). The Morgan fingerprint density at radius 1 is 1.14 bits per heavy atom. The van der Waals surface area contributed by atoms with Crippen LogP contribution < -0.4 is 10.6 Å². The summed E-state index contributed by atoms with van der Waals surface area (Å²) >= 11 is 1.09. The molecule has 0 fully saturated rings. The number of alkyl carbamates (subject to hydrolysis) is 1. The minimum absolute atomic E-state index is 0.0432. The highest BCUT2D eigenvalue weighted by molar-refractivity contribution is 7.92. The van der Waals surface area contributed by atoms with Crippen molar-refractivity contribution in [1.29, 1.82) is 0 Å². The number of thiophene rings is 1. The standard InChI is InChI=1S/C18H20N2O6S2/c1-4-26-18(23)20-16(22)14-8-9-27-17(14)19-15(21)12-6-5-7-13(10-12)28(24,25)11(2)3/h5-11H,4H2,1-3H3,(H,19,21)(H,20,22,23). The van der Waals surface area contributed by atoms with E-state index in [4.69, 9.17) is 0 Å². The lowest BCUT2D eigenvalue weighted by atomic mass is 10.2. The topological polar surface area (TPSA) is 119 Å². The third-order valence-corrected chi connectivity index (χ3v) is 6.66. The summed E-state index contributed by atoms with van der Waals surface area (Å²) in [5.74, 6) is -1.29. The molecule has 0 unspecified atom stereocenters. The number of anilines is 1. The molecule has 0 spiro atoms. The molecule has 0 aliphatic carbocycles. The van der Waals surface area contributed by atoms with Gasteiger partial charge in [0, 0.05) is 5.56 Å². The van der Waals surface area contributed by atoms with Crippen LogP contribution in [0, 0.1) is 0 Å². The molecule has 0 saturated carbocycles. The summed E-state index contributed by atoms with van der Waals surface area (Å²) in [6, 6.07) is 7.12. The quantitative estimate of drug-likeness (QED) is 0.736. The van der Waals surface area contributed by atoms with E-state index in [9.17, 15) is 22.8 Å². The van der Waals surface area contributed by atoms with Gasteiger partial charge in [0.05, 0.1) is 22.3 Å². The highest BCUT2D eigenvalue weighted by Gasteiger charge is 2.22. The second kappa shape index (κ2) is 8.98. The van der Waals surface area contributed by atoms with Gasteiger partial charge < -0.3 is 10.1 Å². The lowest BCUT2D eigenvalue weighted by Crippen LogP contribution is -2.31. The third-order valence-electron chi connectivity index (χ3n) is 3.67. The minimum Gasteiger partial charge on any atom is -0.450 e. The highest BCUT2D eigenvalue weighted by atomic mass is 32.2. The van der Waals surface area contributed by atoms with Crippen LogP contribution in [-0.2, 0) is 14.6 Å². The van der Waals surface area contributed by atoms with E-state index < -0.39 is 33.0 Å². The van der Waals surface area contributed by atoms with Crippen LogP contribution in [0.2, 0.25) is 0 Å². The number of carbonyl (C=O) groups is 3. The monoisotopic (exact) mass is 424 g/mol. The normalized spacial score (nSPS) is 11.1. The molecular formula is C18H20N2O6S2. The molecule has 0 radical (unpaired) electrons. The molecule has 1 heterocycles. The van der Waals surface area contributed by atoms with Crippen LogP contribution in [0.15, 0.2) is 40.6 Å². The van der Waals surface area contributed by atoms with Gasteiger partial charge in [0.25, 0.3) is 11.8 Å². The number of nitrogens with one attached hydrogen (secondary N) is 2. The average molecular weight is 425 g/mol. The van der Waals surface area contributed by atoms with Gasteiger partial charge in [-0.1, -0.05) is 6.07 Å². The molecule has 3 amide bonds. The van der Waals surface area contributed by atoms with Gasteiger partial charge in [-0.05, 0) is 50.4 Å². The smallest absolute Gasteiger partial charge is 0.414 e. The number of benzene rings is 1. The number of amides is 3. The summed E-state index contributed by atoms with van der Waals surface area (Å²) < 4.78 is 29.2. The van der Waals surface area contributed by atoms with Crippen LogP contribution in [0.5, 0.6) is 0 Å². The van der Waals surface area contributed by atoms with E-state index in [1.165, 1.54) is 30.3 Å². The first-order chi connectivity index (χ1) is 13.2. The second-order valence-corrected chi connectivity index (χ2v) is 9.33. The van der Waals surface area contributed by atoms with E-state index in [-0.39, 0.29) is 27.6 Å². The van der Waals surface area contributed by atoms with Crippen molar-refractivity contribution in [2.24, 2.45) is 0 Å². The molecule has 0 bridgehead atoms. The van der Waals surface area contributed by atoms with Crippen LogP contribution in [0.3, 0.4) is 0 Å². The molecule has 0 aliphatic rings. The molecule has 1 aromatic heterocycles. The van der Waals surface area contributed by atoms with Crippen molar-refractivity contribution in [2.45, 2.75) is 30.9 Å². The van der Waals surface area contributed by atoms with E-state index in [1.54, 1.807) is 26.2 Å². The van der Waals surface area contributed by atoms with Gasteiger partial charge >= 0.3 is 6.09 Å². The van der Waals surface area contributed by atoms with Crippen molar-refractivity contribution in [3.8, 4) is 0 Å². The van der Waals surface area contributed by atoms with Crippen molar-refractivity contribution in [2.75, 3.05) is 11.9 Å². The van der Waals surface area contributed by atoms with Gasteiger partial charge in [-0.15, -0.1) is 11.3 Å². The zero-order valence-corrected chi connectivity index (χ0v) is 17.1. The van der Waals surface area contributed by atoms with Crippen molar-refractivity contribution in [3.05, 3.63) is 46.8 Å². The lowest BCUT2D eigenvalue weighted by Gasteiger charge is -2.10. The first-order valence-corrected chi connectivity index (χ1v) is 10.8. The van der Waals surface area contributed by atoms with Gasteiger partial charge in [0.1, 0.15) is 5.00 Å². The summed E-state index contributed by atoms with van der Waals surface area (Å²) in [4.78, 5) is 36.1. The summed E-state index contributed by atoms with van der Waals surface area (Å²) in [5, 5.41) is 5.81. The average Bonchev–Trinajstić information content (AvgIpc) is 3.10. The van der Waals surface area contributed by atoms with Crippen LogP contribution in [0.25, 0.3) is 0 Å². The molecular weight excluding hydrogens is 404 g/mol. The molecule has 0 aliphatic heterocycles. The van der Waals surface area contributed by atoms with Gasteiger partial charge in [0.15, 0.2) is 9.84 Å². The lowest BCUT2D eigenvalue weighted by molar-refractivity contribution is 0.0926. The maximum absolute atomic E-state index is 12.5. The molecule has 2 N–H and O–H groups in total. The number of sulfone groups is 1. The van der Waals surface area contributed by atoms with E-state index >= 15 is 0 Å². The Labute approximate surface area is 166 Å². The molecule has 10 heteroatoms. The first-order valence-electron chi connectivity index (χ1n) is 8.37. The van der Waals surface area contributed by atoms with Gasteiger partial charge in [-0.25, -0.2) is 13.2 Å². The molecule has 2 aromatic rings. The molecule has 0 atom stereocenters. The zero-order valence-electron chi connectivity index (χ0n) is 15.5. The van der Waals surface area contributed by atoms with Crippen molar-refractivity contribution in [1.82, 2.24) is 5.32 Å². The predicted molar refractivity (Wildman–Crippen MR) is 106 cm³/mol. The van der Waals surface area contributed by atoms with Crippen LogP contribution in [-0.4, -0.2) is 38.2 Å². The number of hydrogen-bond donors (Lipinski definition) is 2. The number of ether oxygens (including phenoxy) is 1. The molecule has 150 valence electrons. The van der Waals surface area contributed by atoms with E-state index in [0.29, 0.717) is 0 Å². The molecule has 1 aromatic carbocycles. The predicted octanol–water partition coefficient (Wildman–Crippen LogP) is 3.07. The largest absolute Gasteiger partial charge is 0.450 e. The second-order valence-electron chi connectivity index (χ2n) is 5.91. The molecule has 0 saturated heterocycles. The zero-order chi connectivity index (χ0) is 20.9. The summed E-state index contributed by atoms with van der Waals surface area (Å²) in [7, 11) is -3.53. The van der Waals surface area contributed by atoms with Crippen LogP contribution in [0.1, 0.15) is 41.5 Å². The SMILES string of the molecule is CCOC(=O)NC(=O)c1ccsc1NC(=O)c1cccc(S(=O)(=O)C(C)C)c1. The van der Waals surface area contributed by atoms with Gasteiger partial charge in [0.2, 0.25) is 0 Å². The Hall–Kier alpha value is -2.72. The molecule has 28 heavy (non-hydrogen) atoms. The van der Waals surface area contributed by atoms with E-state index in [0.717, 1.165) is 11.3 Å². The molecule has 8 nitrogen and oxygen atoms in total. The van der Waals surface area contributed by atoms with Crippen molar-refractivity contribution >= 4 is 44.1 Å². The summed E-state index contributed by atoms with van der Waals surface area (Å²) in [6.07, 6.45) is -0.887. The fourth-order valence-corrected chi connectivity index (χ4v) is 4.06. The van der Waals surface area contributed by atoms with Crippen molar-refractivity contribution < 1.29 is 27.5 Å². The number of carbonyl (C=O) groups excluding carboxylic acids is 3. The van der Waals surface area contributed by atoms with Crippen molar-refractivity contribution in [3.63, 3.8) is 0 Å². The maximum atomic E-state index is 12.5. The third kappa shape index (κ3) is 4.96. The van der Waals surface area contributed by atoms with E-state index in [2.05, 4.69) is 15.4 Å². The summed E-state index contributed by atoms with van der Waals surface area (Å²) in [5.41, 5.74) is 0.226. The maximum Gasteiger partial charge on any atom is 0.414 e. The Morgan fingerprint density at radius 3 is 2.50 bits per heavy atom.